The highest BCUT2D eigenvalue weighted by atomic mass is 16.5. The summed E-state index contributed by atoms with van der Waals surface area (Å²) >= 11 is 0. The zero-order valence-electron chi connectivity index (χ0n) is 18.4. The molecular weight excluding hydrogens is 364 g/mol. The smallest absolute Gasteiger partial charge is 0.293 e. The Morgan fingerprint density at radius 3 is 2.62 bits per heavy atom. The van der Waals surface area contributed by atoms with Crippen molar-refractivity contribution in [1.82, 2.24) is 0 Å². The summed E-state index contributed by atoms with van der Waals surface area (Å²) < 4.78 is 10.6. The first kappa shape index (κ1) is 22.1. The second-order valence-electron chi connectivity index (χ2n) is 9.17. The molecule has 0 bridgehead atoms. The van der Waals surface area contributed by atoms with Gasteiger partial charge in [0.1, 0.15) is 11.4 Å². The molecule has 3 aliphatic rings. The molecule has 4 atom stereocenters. The van der Waals surface area contributed by atoms with Crippen molar-refractivity contribution in [3.63, 3.8) is 0 Å². The molecule has 1 aromatic carbocycles. The van der Waals surface area contributed by atoms with Crippen molar-refractivity contribution >= 4 is 6.47 Å². The Hall–Kier alpha value is -1.55. The van der Waals surface area contributed by atoms with Crippen molar-refractivity contribution in [2.24, 2.45) is 17.8 Å². The van der Waals surface area contributed by atoms with E-state index in [1.807, 2.05) is 13.8 Å². The summed E-state index contributed by atoms with van der Waals surface area (Å²) in [6.07, 6.45) is 10.2. The minimum Gasteiger partial charge on any atom is -0.494 e. The van der Waals surface area contributed by atoms with Crippen molar-refractivity contribution in [2.45, 2.75) is 90.3 Å². The number of hydrogen-bond acceptors (Lipinski definition) is 4. The van der Waals surface area contributed by atoms with Gasteiger partial charge in [0.15, 0.2) is 0 Å². The van der Waals surface area contributed by atoms with Crippen LogP contribution in [-0.4, -0.2) is 29.9 Å². The van der Waals surface area contributed by atoms with E-state index >= 15 is 0 Å². The van der Waals surface area contributed by atoms with Gasteiger partial charge in [-0.15, -0.1) is 0 Å². The predicted octanol–water partition coefficient (Wildman–Crippen LogP) is 5.09. The first-order valence-corrected chi connectivity index (χ1v) is 11.5. The highest BCUT2D eigenvalue weighted by molar-refractivity contribution is 5.43. The fraction of sp³-hybridized carbons (Fsp3) is 0.720. The molecule has 0 saturated heterocycles. The minimum atomic E-state index is -0.149. The summed E-state index contributed by atoms with van der Waals surface area (Å²) in [4.78, 5) is 9.80. The molecular formula is C25H38O4. The van der Waals surface area contributed by atoms with Gasteiger partial charge in [0.25, 0.3) is 6.47 Å². The van der Waals surface area contributed by atoms with Crippen LogP contribution >= 0.6 is 0 Å². The Morgan fingerprint density at radius 2 is 2.03 bits per heavy atom. The molecule has 0 spiro atoms. The zero-order chi connectivity index (χ0) is 20.9. The second-order valence-corrected chi connectivity index (χ2v) is 9.17. The van der Waals surface area contributed by atoms with E-state index in [2.05, 4.69) is 25.1 Å². The summed E-state index contributed by atoms with van der Waals surface area (Å²) in [7, 11) is 0. The van der Waals surface area contributed by atoms with Crippen LogP contribution in [0, 0.1) is 17.8 Å². The molecule has 29 heavy (non-hydrogen) atoms. The molecule has 4 rings (SSSR count). The number of rotatable bonds is 8. The summed E-state index contributed by atoms with van der Waals surface area (Å²) in [6, 6.07) is 6.56. The standard InChI is InChI=1S/C19H28O2.C6H10O2/c1-3-21-19-6-4-5-15-11-17-14(8-7-13(2)20)9-10-16(17)12-18(15)19;1-2-6(3-4-6)8-5-7/h4-6,13-14,16-17,20H,3,7-12H2,1-2H3;5H,2-4H2,1H3. The van der Waals surface area contributed by atoms with Crippen LogP contribution < -0.4 is 4.74 Å². The molecule has 1 aromatic rings. The first-order chi connectivity index (χ1) is 14.0. The molecule has 0 aromatic heterocycles. The molecule has 0 amide bonds. The van der Waals surface area contributed by atoms with E-state index in [1.54, 1.807) is 0 Å². The van der Waals surface area contributed by atoms with Crippen LogP contribution in [0.1, 0.15) is 76.8 Å². The topological polar surface area (TPSA) is 55.8 Å². The van der Waals surface area contributed by atoms with Gasteiger partial charge in [0, 0.05) is 0 Å². The first-order valence-electron chi connectivity index (χ1n) is 11.5. The van der Waals surface area contributed by atoms with Gasteiger partial charge in [-0.2, -0.15) is 0 Å². The van der Waals surface area contributed by atoms with E-state index in [0.29, 0.717) is 6.47 Å². The molecule has 4 nitrogen and oxygen atoms in total. The monoisotopic (exact) mass is 402 g/mol. The molecule has 3 aliphatic carbocycles. The maximum atomic E-state index is 9.80. The molecule has 4 unspecified atom stereocenters. The minimum absolute atomic E-state index is 0.0260. The molecule has 4 heteroatoms. The fourth-order valence-electron chi connectivity index (χ4n) is 5.28. The van der Waals surface area contributed by atoms with E-state index < -0.39 is 0 Å². The van der Waals surface area contributed by atoms with Gasteiger partial charge in [0.05, 0.1) is 12.7 Å². The van der Waals surface area contributed by atoms with Gasteiger partial charge in [-0.05, 0) is 107 Å². The average Bonchev–Trinajstić information content (AvgIpc) is 3.38. The summed E-state index contributed by atoms with van der Waals surface area (Å²) in [5, 5.41) is 9.55. The van der Waals surface area contributed by atoms with Crippen LogP contribution in [0.15, 0.2) is 18.2 Å². The quantitative estimate of drug-likeness (QED) is 0.616. The van der Waals surface area contributed by atoms with E-state index in [0.717, 1.165) is 55.8 Å². The molecule has 2 fully saturated rings. The Labute approximate surface area is 176 Å². The van der Waals surface area contributed by atoms with Crippen LogP contribution in [0.5, 0.6) is 5.75 Å². The maximum Gasteiger partial charge on any atom is 0.293 e. The number of aliphatic hydroxyl groups excluding tert-OH is 1. The molecule has 0 aliphatic heterocycles. The van der Waals surface area contributed by atoms with Crippen molar-refractivity contribution in [3.8, 4) is 5.75 Å². The summed E-state index contributed by atoms with van der Waals surface area (Å²) in [5.74, 6) is 3.58. The summed E-state index contributed by atoms with van der Waals surface area (Å²) in [5.41, 5.74) is 2.95. The van der Waals surface area contributed by atoms with E-state index in [9.17, 15) is 9.90 Å². The van der Waals surface area contributed by atoms with Crippen LogP contribution in [0.4, 0.5) is 0 Å². The SMILES string of the molecule is CCC1(OC=O)CC1.CCOc1cccc2c1CC1CCC(CCC(C)O)C1C2. The molecule has 0 heterocycles. The molecule has 2 saturated carbocycles. The number of aliphatic hydroxyl groups is 1. The highest BCUT2D eigenvalue weighted by Crippen LogP contribution is 2.48. The number of benzene rings is 1. The normalized spacial score (nSPS) is 27.0. The van der Waals surface area contributed by atoms with Gasteiger partial charge < -0.3 is 14.6 Å². The van der Waals surface area contributed by atoms with Gasteiger partial charge >= 0.3 is 0 Å². The van der Waals surface area contributed by atoms with Crippen molar-refractivity contribution in [1.29, 1.82) is 0 Å². The van der Waals surface area contributed by atoms with Crippen LogP contribution in [0.3, 0.4) is 0 Å². The van der Waals surface area contributed by atoms with Crippen molar-refractivity contribution in [2.75, 3.05) is 6.61 Å². The third kappa shape index (κ3) is 5.53. The van der Waals surface area contributed by atoms with Crippen LogP contribution in [0.25, 0.3) is 0 Å². The number of carbonyl (C=O) groups is 1. The molecule has 0 radical (unpaired) electrons. The predicted molar refractivity (Wildman–Crippen MR) is 115 cm³/mol. The van der Waals surface area contributed by atoms with Crippen LogP contribution in [0.2, 0.25) is 0 Å². The van der Waals surface area contributed by atoms with Gasteiger partial charge in [-0.1, -0.05) is 19.1 Å². The lowest BCUT2D eigenvalue weighted by Gasteiger charge is -2.32. The molecule has 162 valence electrons. The largest absolute Gasteiger partial charge is 0.494 e. The third-order valence-electron chi connectivity index (χ3n) is 7.28. The number of ether oxygens (including phenoxy) is 2. The van der Waals surface area contributed by atoms with E-state index in [1.165, 1.54) is 43.2 Å². The number of fused-ring (bicyclic) bond motifs is 2. The number of carbonyl (C=O) groups excluding carboxylic acids is 1. The Bertz CT molecular complexity index is 665. The van der Waals surface area contributed by atoms with Crippen LogP contribution in [-0.2, 0) is 22.4 Å². The van der Waals surface area contributed by atoms with E-state index in [4.69, 9.17) is 9.47 Å². The Kier molecular flexibility index (Phi) is 7.61. The average molecular weight is 403 g/mol. The zero-order valence-corrected chi connectivity index (χ0v) is 18.4. The lowest BCUT2D eigenvalue weighted by molar-refractivity contribution is -0.135. The Balaban J connectivity index is 0.000000252. The Morgan fingerprint density at radius 1 is 1.24 bits per heavy atom. The second kappa shape index (κ2) is 9.97. The van der Waals surface area contributed by atoms with Gasteiger partial charge in [-0.3, -0.25) is 4.79 Å². The van der Waals surface area contributed by atoms with Crippen molar-refractivity contribution in [3.05, 3.63) is 29.3 Å². The van der Waals surface area contributed by atoms with E-state index in [-0.39, 0.29) is 11.7 Å². The van der Waals surface area contributed by atoms with Crippen molar-refractivity contribution < 1.29 is 19.4 Å². The van der Waals surface area contributed by atoms with Gasteiger partial charge in [0.2, 0.25) is 0 Å². The third-order valence-corrected chi connectivity index (χ3v) is 7.28. The highest BCUT2D eigenvalue weighted by Gasteiger charge is 2.43. The molecule has 1 N–H and O–H groups in total. The number of hydrogen-bond donors (Lipinski definition) is 1. The summed E-state index contributed by atoms with van der Waals surface area (Å²) in [6.45, 7) is 7.32. The van der Waals surface area contributed by atoms with Gasteiger partial charge in [-0.25, -0.2) is 0 Å². The lowest BCUT2D eigenvalue weighted by atomic mass is 9.73. The lowest BCUT2D eigenvalue weighted by Crippen LogP contribution is -2.26. The fourth-order valence-corrected chi connectivity index (χ4v) is 5.28. The maximum absolute atomic E-state index is 9.80.